The number of para-hydroxylation sites is 1. The Morgan fingerprint density at radius 2 is 1.89 bits per heavy atom. The molecule has 0 unspecified atom stereocenters. The second-order valence-corrected chi connectivity index (χ2v) is 6.56. The summed E-state index contributed by atoms with van der Waals surface area (Å²) in [4.78, 5) is 14.9. The monoisotopic (exact) mass is 379 g/mol. The van der Waals surface area contributed by atoms with Gasteiger partial charge in [0, 0.05) is 24.2 Å². The summed E-state index contributed by atoms with van der Waals surface area (Å²) in [6, 6.07) is 11.3. The molecule has 0 saturated carbocycles. The van der Waals surface area contributed by atoms with Gasteiger partial charge in [-0.2, -0.15) is 0 Å². The minimum atomic E-state index is 0.00976. The number of nitrogens with zero attached hydrogens (tertiary/aromatic N) is 5. The van der Waals surface area contributed by atoms with Crippen molar-refractivity contribution in [1.82, 2.24) is 25.1 Å². The van der Waals surface area contributed by atoms with Crippen molar-refractivity contribution in [2.45, 2.75) is 12.8 Å². The molecule has 4 rings (SSSR count). The molecule has 1 fully saturated rings. The molecule has 2 aromatic carbocycles. The number of hydrogen-bond acceptors (Lipinski definition) is 6. The van der Waals surface area contributed by atoms with Crippen molar-refractivity contribution in [3.05, 3.63) is 48.3 Å². The quantitative estimate of drug-likeness (QED) is 0.678. The van der Waals surface area contributed by atoms with Crippen molar-refractivity contribution >= 4 is 5.91 Å². The van der Waals surface area contributed by atoms with Gasteiger partial charge in [0.2, 0.25) is 0 Å². The lowest BCUT2D eigenvalue weighted by atomic mass is 10.00. The lowest BCUT2D eigenvalue weighted by Gasteiger charge is -2.18. The van der Waals surface area contributed by atoms with Crippen LogP contribution in [0.2, 0.25) is 0 Å². The highest BCUT2D eigenvalue weighted by molar-refractivity contribution is 5.96. The number of carbonyl (C=O) groups excluding carboxylic acids is 1. The Hall–Kier alpha value is -3.42. The van der Waals surface area contributed by atoms with E-state index >= 15 is 0 Å². The number of ether oxygens (including phenoxy) is 2. The minimum Gasteiger partial charge on any atom is -0.493 e. The first-order chi connectivity index (χ1) is 13.7. The topological polar surface area (TPSA) is 82.4 Å². The lowest BCUT2D eigenvalue weighted by molar-refractivity contribution is 0.0793. The molecule has 144 valence electrons. The molecule has 0 N–H and O–H groups in total. The maximum atomic E-state index is 13.0. The number of tetrazole rings is 1. The molecule has 1 amide bonds. The number of likely N-dealkylation sites (tertiary alicyclic amines) is 1. The van der Waals surface area contributed by atoms with Crippen molar-refractivity contribution < 1.29 is 14.3 Å². The molecule has 2 heterocycles. The van der Waals surface area contributed by atoms with Crippen LogP contribution in [0.1, 0.15) is 23.2 Å². The molecule has 1 aromatic heterocycles. The van der Waals surface area contributed by atoms with Crippen LogP contribution >= 0.6 is 0 Å². The predicted octanol–water partition coefficient (Wildman–Crippen LogP) is 2.58. The first-order valence-electron chi connectivity index (χ1n) is 9.10. The van der Waals surface area contributed by atoms with Crippen LogP contribution in [0.5, 0.6) is 11.5 Å². The SMILES string of the molecule is COc1cccc(-c2cc(C(=O)N3CCCC3)cc(-n3cnnn3)c2)c1OC. The molecule has 0 aliphatic carbocycles. The van der Waals surface area contributed by atoms with Crippen LogP contribution in [-0.2, 0) is 0 Å². The first-order valence-corrected chi connectivity index (χ1v) is 9.10. The number of benzene rings is 2. The summed E-state index contributed by atoms with van der Waals surface area (Å²) in [5.74, 6) is 1.24. The molecule has 1 saturated heterocycles. The van der Waals surface area contributed by atoms with E-state index in [2.05, 4.69) is 15.5 Å². The summed E-state index contributed by atoms with van der Waals surface area (Å²) in [5.41, 5.74) is 2.95. The van der Waals surface area contributed by atoms with Gasteiger partial charge < -0.3 is 14.4 Å². The highest BCUT2D eigenvalue weighted by atomic mass is 16.5. The Balaban J connectivity index is 1.86. The van der Waals surface area contributed by atoms with Gasteiger partial charge in [-0.3, -0.25) is 4.79 Å². The average molecular weight is 379 g/mol. The second kappa shape index (κ2) is 7.67. The Bertz CT molecular complexity index is 982. The highest BCUT2D eigenvalue weighted by Crippen LogP contribution is 2.38. The molecule has 3 aromatic rings. The molecule has 0 atom stereocenters. The molecule has 0 bridgehead atoms. The molecule has 1 aliphatic rings. The Kier molecular flexibility index (Phi) is 4.92. The third kappa shape index (κ3) is 3.28. The summed E-state index contributed by atoms with van der Waals surface area (Å²) >= 11 is 0. The first kappa shape index (κ1) is 18.0. The Labute approximate surface area is 162 Å². The molecular weight excluding hydrogens is 358 g/mol. The fourth-order valence-corrected chi connectivity index (χ4v) is 3.52. The molecule has 28 heavy (non-hydrogen) atoms. The van der Waals surface area contributed by atoms with Crippen LogP contribution in [0, 0.1) is 0 Å². The molecule has 0 spiro atoms. The van der Waals surface area contributed by atoms with Crippen LogP contribution in [0.4, 0.5) is 0 Å². The number of rotatable bonds is 5. The van der Waals surface area contributed by atoms with Crippen molar-refractivity contribution in [1.29, 1.82) is 0 Å². The van der Waals surface area contributed by atoms with E-state index in [4.69, 9.17) is 9.47 Å². The van der Waals surface area contributed by atoms with Crippen molar-refractivity contribution in [2.75, 3.05) is 27.3 Å². The average Bonchev–Trinajstić information content (AvgIpc) is 3.46. The lowest BCUT2D eigenvalue weighted by Crippen LogP contribution is -2.27. The third-order valence-corrected chi connectivity index (χ3v) is 4.89. The highest BCUT2D eigenvalue weighted by Gasteiger charge is 2.22. The van der Waals surface area contributed by atoms with E-state index in [9.17, 15) is 4.79 Å². The van der Waals surface area contributed by atoms with Gasteiger partial charge in [0.1, 0.15) is 6.33 Å². The normalized spacial score (nSPS) is 13.6. The van der Waals surface area contributed by atoms with Gasteiger partial charge in [0.15, 0.2) is 11.5 Å². The standard InChI is InChI=1S/C20H21N5O3/c1-27-18-7-5-6-17(19(18)28-2)14-10-15(20(26)24-8-3-4-9-24)12-16(11-14)25-13-21-22-23-25/h5-7,10-13H,3-4,8-9H2,1-2H3. The van der Waals surface area contributed by atoms with Crippen LogP contribution < -0.4 is 9.47 Å². The van der Waals surface area contributed by atoms with Gasteiger partial charge in [-0.25, -0.2) is 4.68 Å². The smallest absolute Gasteiger partial charge is 0.253 e. The van der Waals surface area contributed by atoms with Crippen molar-refractivity contribution in [3.8, 4) is 28.3 Å². The Morgan fingerprint density at radius 1 is 1.07 bits per heavy atom. The van der Waals surface area contributed by atoms with Gasteiger partial charge in [0.05, 0.1) is 19.9 Å². The third-order valence-electron chi connectivity index (χ3n) is 4.89. The molecule has 8 nitrogen and oxygen atoms in total. The largest absolute Gasteiger partial charge is 0.493 e. The zero-order chi connectivity index (χ0) is 19.5. The van der Waals surface area contributed by atoms with E-state index in [-0.39, 0.29) is 5.91 Å². The van der Waals surface area contributed by atoms with Crippen LogP contribution in [0.25, 0.3) is 16.8 Å². The molecule has 0 radical (unpaired) electrons. The maximum Gasteiger partial charge on any atom is 0.253 e. The summed E-state index contributed by atoms with van der Waals surface area (Å²) in [6.45, 7) is 1.57. The van der Waals surface area contributed by atoms with Crippen molar-refractivity contribution in [2.24, 2.45) is 0 Å². The van der Waals surface area contributed by atoms with Crippen LogP contribution in [-0.4, -0.2) is 58.3 Å². The van der Waals surface area contributed by atoms with Gasteiger partial charge >= 0.3 is 0 Å². The maximum absolute atomic E-state index is 13.0. The fraction of sp³-hybridized carbons (Fsp3) is 0.300. The van der Waals surface area contributed by atoms with Gasteiger partial charge in [0.25, 0.3) is 5.91 Å². The number of amides is 1. The molecule has 8 heteroatoms. The number of aromatic nitrogens is 4. The number of hydrogen-bond donors (Lipinski definition) is 0. The minimum absolute atomic E-state index is 0.00976. The number of carbonyl (C=O) groups is 1. The predicted molar refractivity (Wildman–Crippen MR) is 103 cm³/mol. The summed E-state index contributed by atoms with van der Waals surface area (Å²) in [5, 5.41) is 11.4. The van der Waals surface area contributed by atoms with E-state index < -0.39 is 0 Å². The molecule has 1 aliphatic heterocycles. The summed E-state index contributed by atoms with van der Waals surface area (Å²) in [6.07, 6.45) is 3.58. The fourth-order valence-electron chi connectivity index (χ4n) is 3.52. The van der Waals surface area contributed by atoms with Gasteiger partial charge in [-0.1, -0.05) is 12.1 Å². The zero-order valence-corrected chi connectivity index (χ0v) is 15.8. The Morgan fingerprint density at radius 3 is 2.57 bits per heavy atom. The zero-order valence-electron chi connectivity index (χ0n) is 15.8. The van der Waals surface area contributed by atoms with Gasteiger partial charge in [-0.05, 0) is 53.1 Å². The van der Waals surface area contributed by atoms with Gasteiger partial charge in [-0.15, -0.1) is 5.10 Å². The second-order valence-electron chi connectivity index (χ2n) is 6.56. The van der Waals surface area contributed by atoms with E-state index in [1.165, 1.54) is 11.0 Å². The van der Waals surface area contributed by atoms with E-state index in [0.29, 0.717) is 22.7 Å². The van der Waals surface area contributed by atoms with Crippen LogP contribution in [0.3, 0.4) is 0 Å². The van der Waals surface area contributed by atoms with E-state index in [1.54, 1.807) is 14.2 Å². The summed E-state index contributed by atoms with van der Waals surface area (Å²) < 4.78 is 12.5. The summed E-state index contributed by atoms with van der Waals surface area (Å²) in [7, 11) is 3.20. The van der Waals surface area contributed by atoms with Crippen molar-refractivity contribution in [3.63, 3.8) is 0 Å². The van der Waals surface area contributed by atoms with E-state index in [0.717, 1.165) is 37.1 Å². The molecular formula is C20H21N5O3. The number of methoxy groups -OCH3 is 2. The van der Waals surface area contributed by atoms with E-state index in [1.807, 2.05) is 41.3 Å². The van der Waals surface area contributed by atoms with Crippen LogP contribution in [0.15, 0.2) is 42.7 Å².